The van der Waals surface area contributed by atoms with Crippen molar-refractivity contribution < 1.29 is 18.7 Å². The summed E-state index contributed by atoms with van der Waals surface area (Å²) < 4.78 is 18.6. The van der Waals surface area contributed by atoms with Crippen LogP contribution in [0.3, 0.4) is 0 Å². The zero-order chi connectivity index (χ0) is 17.0. The van der Waals surface area contributed by atoms with Gasteiger partial charge in [0.15, 0.2) is 8.32 Å². The van der Waals surface area contributed by atoms with Crippen LogP contribution in [-0.4, -0.2) is 39.7 Å². The first kappa shape index (κ1) is 18.9. The second-order valence-corrected chi connectivity index (χ2v) is 11.7. The number of hydrogen-bond acceptors (Lipinski definition) is 4. The monoisotopic (exact) mass is 402 g/mol. The Kier molecular flexibility index (Phi) is 6.65. The molecule has 2 aliphatic rings. The molecule has 0 N–H and O–H groups in total. The largest absolute Gasteiger partial charge is 0.469 e. The summed E-state index contributed by atoms with van der Waals surface area (Å²) in [5.74, 6) is -0.196. The van der Waals surface area contributed by atoms with Crippen LogP contribution in [0.15, 0.2) is 22.2 Å². The van der Waals surface area contributed by atoms with Gasteiger partial charge >= 0.3 is 5.97 Å². The Hall–Kier alpha value is -0.433. The number of methoxy groups -OCH3 is 1. The van der Waals surface area contributed by atoms with Gasteiger partial charge in [0.05, 0.1) is 13.2 Å². The molecule has 0 aromatic carbocycles. The van der Waals surface area contributed by atoms with Gasteiger partial charge < -0.3 is 13.9 Å². The minimum atomic E-state index is -1.74. The molecule has 0 unspecified atom stereocenters. The van der Waals surface area contributed by atoms with Gasteiger partial charge in [0.2, 0.25) is 0 Å². The maximum absolute atomic E-state index is 11.5. The molecule has 0 spiro atoms. The van der Waals surface area contributed by atoms with Crippen LogP contribution in [0.25, 0.3) is 0 Å². The summed E-state index contributed by atoms with van der Waals surface area (Å²) in [5, 5.41) is 0. The highest BCUT2D eigenvalue weighted by molar-refractivity contribution is 9.11. The van der Waals surface area contributed by atoms with Crippen LogP contribution in [0.1, 0.15) is 33.6 Å². The van der Waals surface area contributed by atoms with E-state index in [1.165, 1.54) is 7.11 Å². The third-order valence-corrected chi connectivity index (χ3v) is 10.7. The Bertz CT molecular complexity index is 491. The highest BCUT2D eigenvalue weighted by Gasteiger charge is 2.43. The molecule has 2 rings (SSSR count). The SMILES string of the molecule is CC[Si](CC)(CC)O[C@H]1C(Br)=C(CCC(=O)OC)[C@H]2C=C[C@@H]1O2. The maximum Gasteiger partial charge on any atom is 0.305 e. The maximum atomic E-state index is 11.5. The van der Waals surface area contributed by atoms with Gasteiger partial charge in [0.1, 0.15) is 12.2 Å². The van der Waals surface area contributed by atoms with Gasteiger partial charge in [-0.3, -0.25) is 4.79 Å². The van der Waals surface area contributed by atoms with E-state index < -0.39 is 8.32 Å². The summed E-state index contributed by atoms with van der Waals surface area (Å²) in [5.41, 5.74) is 1.11. The molecule has 0 aromatic rings. The number of halogens is 1. The van der Waals surface area contributed by atoms with Gasteiger partial charge in [0.25, 0.3) is 0 Å². The second-order valence-electron chi connectivity index (χ2n) is 6.14. The number of rotatable bonds is 8. The molecule has 2 aliphatic heterocycles. The molecule has 0 fully saturated rings. The topological polar surface area (TPSA) is 44.8 Å². The van der Waals surface area contributed by atoms with Crippen LogP contribution in [0, 0.1) is 0 Å². The first-order chi connectivity index (χ1) is 11.0. The molecule has 0 saturated carbocycles. The average Bonchev–Trinajstić information content (AvgIpc) is 3.01. The molecule has 130 valence electrons. The summed E-state index contributed by atoms with van der Waals surface area (Å²) in [6.07, 6.45) is 5.03. The first-order valence-corrected chi connectivity index (χ1v) is 11.8. The smallest absolute Gasteiger partial charge is 0.305 e. The van der Waals surface area contributed by atoms with E-state index in [4.69, 9.17) is 13.9 Å². The zero-order valence-electron chi connectivity index (χ0n) is 14.4. The van der Waals surface area contributed by atoms with Crippen LogP contribution < -0.4 is 0 Å². The quantitative estimate of drug-likeness (QED) is 0.344. The van der Waals surface area contributed by atoms with E-state index in [0.717, 1.165) is 28.2 Å². The highest BCUT2D eigenvalue weighted by atomic mass is 79.9. The number of fused-ring (bicyclic) bond motifs is 2. The van der Waals surface area contributed by atoms with Gasteiger partial charge in [-0.05, 0) is 30.1 Å². The number of hydrogen-bond donors (Lipinski definition) is 0. The fourth-order valence-corrected chi connectivity index (χ4v) is 7.03. The summed E-state index contributed by atoms with van der Waals surface area (Å²) in [4.78, 5) is 11.5. The van der Waals surface area contributed by atoms with Crippen LogP contribution in [0.5, 0.6) is 0 Å². The van der Waals surface area contributed by atoms with Crippen molar-refractivity contribution in [3.05, 3.63) is 22.2 Å². The van der Waals surface area contributed by atoms with Gasteiger partial charge in [-0.25, -0.2) is 0 Å². The summed E-state index contributed by atoms with van der Waals surface area (Å²) in [7, 11) is -0.316. The lowest BCUT2D eigenvalue weighted by molar-refractivity contribution is -0.140. The number of carbonyl (C=O) groups excluding carboxylic acids is 1. The number of carbonyl (C=O) groups is 1. The van der Waals surface area contributed by atoms with Crippen molar-refractivity contribution in [3.8, 4) is 0 Å². The minimum Gasteiger partial charge on any atom is -0.469 e. The highest BCUT2D eigenvalue weighted by Crippen LogP contribution is 2.41. The van der Waals surface area contributed by atoms with E-state index in [-0.39, 0.29) is 24.3 Å². The van der Waals surface area contributed by atoms with Crippen LogP contribution in [0.4, 0.5) is 0 Å². The van der Waals surface area contributed by atoms with Crippen LogP contribution in [-0.2, 0) is 18.7 Å². The third kappa shape index (κ3) is 3.98. The number of esters is 1. The van der Waals surface area contributed by atoms with Crippen LogP contribution in [0.2, 0.25) is 18.1 Å². The minimum absolute atomic E-state index is 0.0206. The van der Waals surface area contributed by atoms with Gasteiger partial charge in [-0.15, -0.1) is 0 Å². The lowest BCUT2D eigenvalue weighted by atomic mass is 10.0. The predicted octanol–water partition coefficient (Wildman–Crippen LogP) is 4.32. The summed E-state index contributed by atoms with van der Waals surface area (Å²) >= 11 is 3.76. The standard InChI is InChI=1S/C17H27BrO4Si/c1-5-23(6-2,7-3)22-17-14-10-9-13(21-14)12(16(17)18)8-11-15(19)20-4/h9-10,13-14,17H,5-8,11H2,1-4H3/t13-,14+,17-/m1/s1. The molecule has 0 aromatic heterocycles. The van der Waals surface area contributed by atoms with E-state index in [1.807, 2.05) is 0 Å². The molecule has 0 aliphatic carbocycles. The van der Waals surface area contributed by atoms with Crippen molar-refractivity contribution in [1.82, 2.24) is 0 Å². The molecular formula is C17H27BrO4Si. The van der Waals surface area contributed by atoms with Crippen molar-refractivity contribution in [3.63, 3.8) is 0 Å². The van der Waals surface area contributed by atoms with Crippen molar-refractivity contribution in [2.45, 2.75) is 70.1 Å². The van der Waals surface area contributed by atoms with E-state index in [1.54, 1.807) is 0 Å². The van der Waals surface area contributed by atoms with E-state index in [9.17, 15) is 4.79 Å². The molecular weight excluding hydrogens is 376 g/mol. The molecule has 4 nitrogen and oxygen atoms in total. The molecule has 23 heavy (non-hydrogen) atoms. The molecule has 2 heterocycles. The lowest BCUT2D eigenvalue weighted by Crippen LogP contribution is -2.46. The summed E-state index contributed by atoms with van der Waals surface area (Å²) in [6, 6.07) is 3.32. The van der Waals surface area contributed by atoms with Crippen molar-refractivity contribution in [1.29, 1.82) is 0 Å². The normalized spacial score (nSPS) is 26.7. The van der Waals surface area contributed by atoms with Crippen molar-refractivity contribution in [2.24, 2.45) is 0 Å². The average molecular weight is 403 g/mol. The van der Waals surface area contributed by atoms with E-state index in [0.29, 0.717) is 12.8 Å². The molecule has 6 heteroatoms. The fraction of sp³-hybridized carbons (Fsp3) is 0.706. The van der Waals surface area contributed by atoms with Crippen molar-refractivity contribution in [2.75, 3.05) is 7.11 Å². The van der Waals surface area contributed by atoms with E-state index in [2.05, 4.69) is 48.9 Å². The Morgan fingerprint density at radius 3 is 2.48 bits per heavy atom. The summed E-state index contributed by atoms with van der Waals surface area (Å²) in [6.45, 7) is 6.68. The Balaban J connectivity index is 2.21. The Labute approximate surface area is 148 Å². The lowest BCUT2D eigenvalue weighted by Gasteiger charge is -2.39. The molecule has 3 atom stereocenters. The third-order valence-electron chi connectivity index (χ3n) is 5.11. The fourth-order valence-electron chi connectivity index (χ4n) is 3.29. The predicted molar refractivity (Wildman–Crippen MR) is 97.1 cm³/mol. The van der Waals surface area contributed by atoms with Crippen LogP contribution >= 0.6 is 15.9 Å². The molecule has 0 saturated heterocycles. The molecule has 2 bridgehead atoms. The molecule has 0 amide bonds. The Morgan fingerprint density at radius 2 is 1.91 bits per heavy atom. The second kappa shape index (κ2) is 8.10. The van der Waals surface area contributed by atoms with Gasteiger partial charge in [-0.2, -0.15) is 0 Å². The van der Waals surface area contributed by atoms with Gasteiger partial charge in [0, 0.05) is 10.9 Å². The Morgan fingerprint density at radius 1 is 1.26 bits per heavy atom. The van der Waals surface area contributed by atoms with E-state index >= 15 is 0 Å². The zero-order valence-corrected chi connectivity index (χ0v) is 17.0. The van der Waals surface area contributed by atoms with Gasteiger partial charge in [-0.1, -0.05) is 48.9 Å². The first-order valence-electron chi connectivity index (χ1n) is 8.47. The molecule has 0 radical (unpaired) electrons. The van der Waals surface area contributed by atoms with Crippen molar-refractivity contribution >= 4 is 30.2 Å². The number of ether oxygens (including phenoxy) is 2.